The van der Waals surface area contributed by atoms with Crippen LogP contribution >= 0.6 is 0 Å². The van der Waals surface area contributed by atoms with E-state index in [1.165, 1.54) is 30.3 Å². The first-order valence-corrected chi connectivity index (χ1v) is 14.2. The Labute approximate surface area is 257 Å². The number of ether oxygens (including phenoxy) is 3. The number of aromatic hydroxyl groups is 4. The first-order chi connectivity index (χ1) is 21.6. The van der Waals surface area contributed by atoms with Crippen molar-refractivity contribution in [2.24, 2.45) is 0 Å². The summed E-state index contributed by atoms with van der Waals surface area (Å²) in [4.78, 5) is 0. The van der Waals surface area contributed by atoms with Gasteiger partial charge in [-0.25, -0.2) is 0 Å². The molecule has 2 aliphatic rings. The standard InChI is InChI=1S/C34H32O11/c35-16-27-30(40)31(41)32(42)34(45-27)43-25-13-20(12-23(38)14-25)29-28-19(4-1-17-2-7-21(36)8-3-17)11-24(39)15-26(28)44-33(29)18-5-9-22(37)10-6-18/h1-15,27,29-42H,16H2/b4-1+/t27-,29-,30-,31+,32-,33-,34-/m1/s1. The van der Waals surface area contributed by atoms with Gasteiger partial charge in [-0.3, -0.25) is 0 Å². The van der Waals surface area contributed by atoms with Crippen LogP contribution in [0.5, 0.6) is 34.5 Å². The SMILES string of the molecule is OC[C@H]1O[C@@H](Oc2cc(O)cc([C@@H]3c4c(/C=C/c5ccc(O)cc5)cc(O)cc4O[C@@H]3c3ccc(O)cc3)c2)[C@H](O)[C@@H](O)[C@@H]1O. The van der Waals surface area contributed by atoms with Gasteiger partial charge in [0.25, 0.3) is 0 Å². The molecule has 1 saturated heterocycles. The van der Waals surface area contributed by atoms with Crippen molar-refractivity contribution in [3.63, 3.8) is 0 Å². The number of phenolic OH excluding ortho intramolecular Hbond substituents is 4. The molecule has 45 heavy (non-hydrogen) atoms. The summed E-state index contributed by atoms with van der Waals surface area (Å²) in [5.74, 6) is -0.171. The maximum absolute atomic E-state index is 10.8. The number of hydrogen-bond donors (Lipinski definition) is 8. The van der Waals surface area contributed by atoms with Crippen LogP contribution in [0.25, 0.3) is 12.2 Å². The van der Waals surface area contributed by atoms with E-state index in [2.05, 4.69) is 0 Å². The average Bonchev–Trinajstić information content (AvgIpc) is 3.40. The maximum atomic E-state index is 10.8. The topological polar surface area (TPSA) is 190 Å². The van der Waals surface area contributed by atoms with Crippen LogP contribution < -0.4 is 9.47 Å². The molecule has 234 valence electrons. The smallest absolute Gasteiger partial charge is 0.229 e. The fourth-order valence-electron chi connectivity index (χ4n) is 5.75. The molecule has 7 atom stereocenters. The highest BCUT2D eigenvalue weighted by Crippen LogP contribution is 2.53. The van der Waals surface area contributed by atoms with E-state index in [9.17, 15) is 40.9 Å². The van der Waals surface area contributed by atoms with E-state index in [1.54, 1.807) is 54.6 Å². The second kappa shape index (κ2) is 12.3. The normalized spacial score (nSPS) is 26.0. The van der Waals surface area contributed by atoms with E-state index in [4.69, 9.17) is 14.2 Å². The van der Waals surface area contributed by atoms with E-state index in [0.717, 1.165) is 5.56 Å². The van der Waals surface area contributed by atoms with Gasteiger partial charge >= 0.3 is 0 Å². The van der Waals surface area contributed by atoms with Gasteiger partial charge in [0.15, 0.2) is 0 Å². The predicted molar refractivity (Wildman–Crippen MR) is 161 cm³/mol. The second-order valence-electron chi connectivity index (χ2n) is 11.1. The number of aliphatic hydroxyl groups excluding tert-OH is 4. The summed E-state index contributed by atoms with van der Waals surface area (Å²) in [7, 11) is 0. The van der Waals surface area contributed by atoms with Gasteiger partial charge in [0, 0.05) is 17.7 Å². The number of rotatable bonds is 7. The van der Waals surface area contributed by atoms with Crippen molar-refractivity contribution in [3.8, 4) is 34.5 Å². The largest absolute Gasteiger partial charge is 0.508 e. The van der Waals surface area contributed by atoms with Crippen molar-refractivity contribution in [1.82, 2.24) is 0 Å². The van der Waals surface area contributed by atoms with Crippen LogP contribution in [0.15, 0.2) is 78.9 Å². The number of hydrogen-bond acceptors (Lipinski definition) is 11. The van der Waals surface area contributed by atoms with Gasteiger partial charge in [-0.15, -0.1) is 0 Å². The first kappa shape index (κ1) is 30.3. The summed E-state index contributed by atoms with van der Waals surface area (Å²) in [5, 5.41) is 81.4. The van der Waals surface area contributed by atoms with Crippen molar-refractivity contribution in [3.05, 3.63) is 107 Å². The lowest BCUT2D eigenvalue weighted by atomic mass is 9.82. The molecule has 0 saturated carbocycles. The summed E-state index contributed by atoms with van der Waals surface area (Å²) in [5.41, 5.74) is 3.32. The van der Waals surface area contributed by atoms with Crippen molar-refractivity contribution >= 4 is 12.2 Å². The van der Waals surface area contributed by atoms with E-state index < -0.39 is 49.3 Å². The highest BCUT2D eigenvalue weighted by Gasteiger charge is 2.45. The lowest BCUT2D eigenvalue weighted by Gasteiger charge is -2.39. The molecule has 0 unspecified atom stereocenters. The van der Waals surface area contributed by atoms with Crippen LogP contribution in [0.2, 0.25) is 0 Å². The van der Waals surface area contributed by atoms with Crippen molar-refractivity contribution in [1.29, 1.82) is 0 Å². The summed E-state index contributed by atoms with van der Waals surface area (Å²) in [6.45, 7) is -0.631. The molecule has 1 fully saturated rings. The lowest BCUT2D eigenvalue weighted by Crippen LogP contribution is -2.60. The summed E-state index contributed by atoms with van der Waals surface area (Å²) < 4.78 is 17.7. The summed E-state index contributed by atoms with van der Waals surface area (Å²) >= 11 is 0. The maximum Gasteiger partial charge on any atom is 0.229 e. The monoisotopic (exact) mass is 616 g/mol. The van der Waals surface area contributed by atoms with Gasteiger partial charge in [-0.2, -0.15) is 0 Å². The molecule has 11 nitrogen and oxygen atoms in total. The second-order valence-corrected chi connectivity index (χ2v) is 11.1. The molecule has 2 heterocycles. The third-order valence-corrected chi connectivity index (χ3v) is 7.97. The third-order valence-electron chi connectivity index (χ3n) is 7.97. The Balaban J connectivity index is 1.43. The van der Waals surface area contributed by atoms with E-state index in [1.807, 2.05) is 6.08 Å². The Morgan fingerprint density at radius 1 is 0.667 bits per heavy atom. The minimum absolute atomic E-state index is 0.0354. The van der Waals surface area contributed by atoms with Gasteiger partial charge in [-0.1, -0.05) is 36.4 Å². The number of aliphatic hydroxyl groups is 4. The quantitative estimate of drug-likeness (QED) is 0.142. The lowest BCUT2D eigenvalue weighted by molar-refractivity contribution is -0.277. The Bertz CT molecular complexity index is 1680. The van der Waals surface area contributed by atoms with E-state index in [0.29, 0.717) is 28.0 Å². The molecular weight excluding hydrogens is 584 g/mol. The molecule has 0 aromatic heterocycles. The molecule has 0 radical (unpaired) electrons. The third kappa shape index (κ3) is 6.12. The predicted octanol–water partition coefficient (Wildman–Crippen LogP) is 3.12. The minimum atomic E-state index is -1.66. The molecular formula is C34H32O11. The van der Waals surface area contributed by atoms with Gasteiger partial charge in [0.05, 0.1) is 12.5 Å². The Hall–Kier alpha value is -4.78. The van der Waals surface area contributed by atoms with Gasteiger partial charge in [0.2, 0.25) is 6.29 Å². The molecule has 0 aliphatic carbocycles. The van der Waals surface area contributed by atoms with Crippen LogP contribution in [-0.4, -0.2) is 78.2 Å². The van der Waals surface area contributed by atoms with Crippen molar-refractivity contribution in [2.45, 2.75) is 42.7 Å². The van der Waals surface area contributed by atoms with E-state index >= 15 is 0 Å². The van der Waals surface area contributed by atoms with Gasteiger partial charge in [-0.05, 0) is 64.7 Å². The number of phenols is 4. The Morgan fingerprint density at radius 3 is 2.02 bits per heavy atom. The van der Waals surface area contributed by atoms with Gasteiger partial charge < -0.3 is 55.1 Å². The molecule has 6 rings (SSSR count). The highest BCUT2D eigenvalue weighted by molar-refractivity contribution is 5.75. The van der Waals surface area contributed by atoms with Crippen molar-refractivity contribution < 1.29 is 55.1 Å². The molecule has 4 aromatic carbocycles. The zero-order valence-corrected chi connectivity index (χ0v) is 23.7. The Kier molecular flexibility index (Phi) is 8.28. The zero-order chi connectivity index (χ0) is 31.8. The van der Waals surface area contributed by atoms with Crippen LogP contribution in [0.3, 0.4) is 0 Å². The molecule has 11 heteroatoms. The number of benzene rings is 4. The molecule has 0 bridgehead atoms. The van der Waals surface area contributed by atoms with Crippen molar-refractivity contribution in [2.75, 3.05) is 6.61 Å². The van der Waals surface area contributed by atoms with E-state index in [-0.39, 0.29) is 28.7 Å². The highest BCUT2D eigenvalue weighted by atomic mass is 16.7. The average molecular weight is 617 g/mol. The van der Waals surface area contributed by atoms with Crippen LogP contribution in [-0.2, 0) is 4.74 Å². The number of fused-ring (bicyclic) bond motifs is 1. The van der Waals surface area contributed by atoms with Crippen LogP contribution in [0.4, 0.5) is 0 Å². The Morgan fingerprint density at radius 2 is 1.33 bits per heavy atom. The molecule has 0 spiro atoms. The molecule has 8 N–H and O–H groups in total. The summed E-state index contributed by atoms with van der Waals surface area (Å²) in [6, 6.07) is 20.6. The minimum Gasteiger partial charge on any atom is -0.508 e. The fraction of sp³-hybridized carbons (Fsp3) is 0.235. The molecule has 0 amide bonds. The van der Waals surface area contributed by atoms with Gasteiger partial charge in [0.1, 0.15) is 65.0 Å². The molecule has 4 aromatic rings. The van der Waals surface area contributed by atoms with Crippen LogP contribution in [0, 0.1) is 0 Å². The van der Waals surface area contributed by atoms with Crippen LogP contribution in [0.1, 0.15) is 39.8 Å². The summed E-state index contributed by atoms with van der Waals surface area (Å²) in [6.07, 6.45) is -4.59. The fourth-order valence-corrected chi connectivity index (χ4v) is 5.75. The zero-order valence-electron chi connectivity index (χ0n) is 23.7. The molecule has 2 aliphatic heterocycles. The first-order valence-electron chi connectivity index (χ1n) is 14.2.